The third-order valence-electron chi connectivity index (χ3n) is 2.98. The fourth-order valence-corrected chi connectivity index (χ4v) is 1.98. The number of azo groups is 1. The molecule has 0 aliphatic heterocycles. The molecule has 26 heavy (non-hydrogen) atoms. The number of hydrogen-bond donors (Lipinski definition) is 0. The Labute approximate surface area is 142 Å². The highest BCUT2D eigenvalue weighted by Gasteiger charge is 2.46. The second kappa shape index (κ2) is 7.04. The van der Waals surface area contributed by atoms with Crippen molar-refractivity contribution in [2.45, 2.75) is 0 Å². The van der Waals surface area contributed by atoms with Crippen molar-refractivity contribution in [3.8, 4) is 0 Å². The van der Waals surface area contributed by atoms with E-state index in [1.165, 1.54) is 12.1 Å². The van der Waals surface area contributed by atoms with Crippen LogP contribution in [0.5, 0.6) is 0 Å². The van der Waals surface area contributed by atoms with Gasteiger partial charge in [-0.05, 0) is 12.1 Å². The molecule has 0 atom stereocenters. The van der Waals surface area contributed by atoms with Gasteiger partial charge in [-0.15, -0.1) is 5.11 Å². The fraction of sp³-hybridized carbons (Fsp3) is 0. The van der Waals surface area contributed by atoms with Gasteiger partial charge in [-0.3, -0.25) is 40.5 Å². The minimum atomic E-state index is -1.64. The molecule has 0 heterocycles. The van der Waals surface area contributed by atoms with Gasteiger partial charge in [0.1, 0.15) is 0 Å². The number of nitro benzene ring substituents is 4. The highest BCUT2D eigenvalue weighted by atomic mass is 16.7. The van der Waals surface area contributed by atoms with Crippen LogP contribution in [0, 0.1) is 40.5 Å². The molecule has 14 heteroatoms. The van der Waals surface area contributed by atoms with E-state index in [1.54, 1.807) is 18.2 Å². The van der Waals surface area contributed by atoms with Crippen LogP contribution < -0.4 is 0 Å². The Balaban J connectivity index is 2.85. The number of nitrogens with zero attached hydrogens (tertiary/aromatic N) is 6. The SMILES string of the molecule is O=[N+]([O-])c1cc(N=Nc2ccccc2)c([N+](=O)[O-])c([N+](=O)[O-])c1[N+](=O)[O-]. The zero-order chi connectivity index (χ0) is 19.4. The first kappa shape index (κ1) is 18.0. The van der Waals surface area contributed by atoms with Gasteiger partial charge in [-0.2, -0.15) is 5.11 Å². The molecule has 2 aromatic carbocycles. The molecule has 0 saturated heterocycles. The van der Waals surface area contributed by atoms with Crippen LogP contribution in [0.1, 0.15) is 0 Å². The van der Waals surface area contributed by atoms with E-state index in [0.717, 1.165) is 0 Å². The van der Waals surface area contributed by atoms with E-state index in [0.29, 0.717) is 6.07 Å². The molecule has 0 radical (unpaired) electrons. The molecular weight excluding hydrogens is 356 g/mol. The third-order valence-corrected chi connectivity index (χ3v) is 2.98. The third kappa shape index (κ3) is 3.42. The van der Waals surface area contributed by atoms with Gasteiger partial charge in [0.05, 0.1) is 31.4 Å². The molecule has 2 aromatic rings. The molecule has 0 fully saturated rings. The van der Waals surface area contributed by atoms with Gasteiger partial charge in [0, 0.05) is 0 Å². The van der Waals surface area contributed by atoms with Gasteiger partial charge in [-0.25, -0.2) is 0 Å². The first-order valence-corrected chi connectivity index (χ1v) is 6.49. The van der Waals surface area contributed by atoms with Gasteiger partial charge in [0.2, 0.25) is 0 Å². The van der Waals surface area contributed by atoms with Gasteiger partial charge in [-0.1, -0.05) is 18.2 Å². The van der Waals surface area contributed by atoms with Crippen LogP contribution in [0.25, 0.3) is 0 Å². The lowest BCUT2D eigenvalue weighted by atomic mass is 10.1. The van der Waals surface area contributed by atoms with Crippen LogP contribution >= 0.6 is 0 Å². The Kier molecular flexibility index (Phi) is 4.87. The maximum Gasteiger partial charge on any atom is 0.432 e. The molecule has 132 valence electrons. The molecule has 0 spiro atoms. The van der Waals surface area contributed by atoms with E-state index in [1.807, 2.05) is 0 Å². The molecule has 0 aliphatic rings. The second-order valence-corrected chi connectivity index (χ2v) is 4.52. The lowest BCUT2D eigenvalue weighted by Gasteiger charge is -2.01. The molecule has 0 aliphatic carbocycles. The minimum Gasteiger partial charge on any atom is -0.258 e. The van der Waals surface area contributed by atoms with E-state index < -0.39 is 48.1 Å². The first-order valence-electron chi connectivity index (χ1n) is 6.49. The molecule has 14 nitrogen and oxygen atoms in total. The topological polar surface area (TPSA) is 197 Å². The molecular formula is C12H6N6O8. The Bertz CT molecular complexity index is 958. The van der Waals surface area contributed by atoms with Crippen molar-refractivity contribution in [3.63, 3.8) is 0 Å². The van der Waals surface area contributed by atoms with Crippen LogP contribution in [-0.2, 0) is 0 Å². The summed E-state index contributed by atoms with van der Waals surface area (Å²) >= 11 is 0. The Morgan fingerprint density at radius 1 is 0.654 bits per heavy atom. The molecule has 0 amide bonds. The maximum absolute atomic E-state index is 11.2. The number of nitro groups is 4. The molecule has 0 saturated carbocycles. The Morgan fingerprint density at radius 2 is 1.19 bits per heavy atom. The van der Waals surface area contributed by atoms with E-state index in [2.05, 4.69) is 10.2 Å². The van der Waals surface area contributed by atoms with Crippen molar-refractivity contribution in [2.24, 2.45) is 10.2 Å². The maximum atomic E-state index is 11.2. The highest BCUT2D eigenvalue weighted by Crippen LogP contribution is 2.48. The van der Waals surface area contributed by atoms with Crippen LogP contribution in [0.3, 0.4) is 0 Å². The van der Waals surface area contributed by atoms with Gasteiger partial charge in [0.25, 0.3) is 0 Å². The van der Waals surface area contributed by atoms with Crippen molar-refractivity contribution in [3.05, 3.63) is 76.9 Å². The molecule has 0 bridgehead atoms. The summed E-state index contributed by atoms with van der Waals surface area (Å²) in [6.07, 6.45) is 0. The molecule has 0 N–H and O–H groups in total. The van der Waals surface area contributed by atoms with E-state index in [4.69, 9.17) is 0 Å². The van der Waals surface area contributed by atoms with E-state index >= 15 is 0 Å². The van der Waals surface area contributed by atoms with Crippen LogP contribution in [-0.4, -0.2) is 19.7 Å². The van der Waals surface area contributed by atoms with Crippen molar-refractivity contribution < 1.29 is 19.7 Å². The van der Waals surface area contributed by atoms with Gasteiger partial charge in [0.15, 0.2) is 5.69 Å². The van der Waals surface area contributed by atoms with E-state index in [-0.39, 0.29) is 5.69 Å². The van der Waals surface area contributed by atoms with Crippen LogP contribution in [0.2, 0.25) is 0 Å². The average molecular weight is 362 g/mol. The van der Waals surface area contributed by atoms with Gasteiger partial charge >= 0.3 is 22.7 Å². The summed E-state index contributed by atoms with van der Waals surface area (Å²) in [7, 11) is 0. The number of benzene rings is 2. The summed E-state index contributed by atoms with van der Waals surface area (Å²) in [6.45, 7) is 0. The predicted molar refractivity (Wildman–Crippen MR) is 83.7 cm³/mol. The lowest BCUT2D eigenvalue weighted by molar-refractivity contribution is -0.451. The van der Waals surface area contributed by atoms with Crippen molar-refractivity contribution in [2.75, 3.05) is 0 Å². The number of rotatable bonds is 6. The molecule has 2 rings (SSSR count). The smallest absolute Gasteiger partial charge is 0.258 e. The monoisotopic (exact) mass is 362 g/mol. The lowest BCUT2D eigenvalue weighted by Crippen LogP contribution is -2.05. The van der Waals surface area contributed by atoms with Crippen molar-refractivity contribution >= 4 is 34.1 Å². The summed E-state index contributed by atoms with van der Waals surface area (Å²) in [5.74, 6) is 0. The average Bonchev–Trinajstić information content (AvgIpc) is 2.58. The second-order valence-electron chi connectivity index (χ2n) is 4.52. The fourth-order valence-electron chi connectivity index (χ4n) is 1.98. The van der Waals surface area contributed by atoms with Crippen molar-refractivity contribution in [1.82, 2.24) is 0 Å². The van der Waals surface area contributed by atoms with Crippen molar-refractivity contribution in [1.29, 1.82) is 0 Å². The van der Waals surface area contributed by atoms with E-state index in [9.17, 15) is 40.5 Å². The number of hydrogen-bond acceptors (Lipinski definition) is 10. The van der Waals surface area contributed by atoms with Gasteiger partial charge < -0.3 is 0 Å². The summed E-state index contributed by atoms with van der Waals surface area (Å²) in [5, 5.41) is 51.5. The minimum absolute atomic E-state index is 0.199. The van der Waals surface area contributed by atoms with Crippen LogP contribution in [0.4, 0.5) is 34.1 Å². The molecule has 0 aromatic heterocycles. The summed E-state index contributed by atoms with van der Waals surface area (Å²) in [6, 6.07) is 8.05. The zero-order valence-corrected chi connectivity index (χ0v) is 12.4. The summed E-state index contributed by atoms with van der Waals surface area (Å²) < 4.78 is 0. The molecule has 0 unspecified atom stereocenters. The zero-order valence-electron chi connectivity index (χ0n) is 12.4. The largest absolute Gasteiger partial charge is 0.432 e. The quantitative estimate of drug-likeness (QED) is 0.420. The highest BCUT2D eigenvalue weighted by molar-refractivity contribution is 5.83. The summed E-state index contributed by atoms with van der Waals surface area (Å²) in [4.78, 5) is 39.0. The standard InChI is InChI=1S/C12H6N6O8/c19-15(20)9-6-8(14-13-7-4-2-1-3-5-7)10(16(21)22)12(18(25)26)11(9)17(23)24/h1-6H. The summed E-state index contributed by atoms with van der Waals surface area (Å²) in [5.41, 5.74) is -6.59. The Morgan fingerprint density at radius 3 is 1.65 bits per heavy atom. The van der Waals surface area contributed by atoms with Crippen LogP contribution in [0.15, 0.2) is 46.6 Å². The first-order chi connectivity index (χ1) is 12.2. The predicted octanol–water partition coefficient (Wildman–Crippen LogP) is 3.73. The normalized spacial score (nSPS) is 10.6. The Hall–Kier alpha value is -4.36.